The van der Waals surface area contributed by atoms with Crippen LogP contribution in [0.5, 0.6) is 69.0 Å². The molecule has 0 saturated carbocycles. The van der Waals surface area contributed by atoms with Gasteiger partial charge in [-0.25, -0.2) is 4.79 Å². The largest absolute Gasteiger partial charge is 0.508 e. The highest BCUT2D eigenvalue weighted by atomic mass is 35.5. The SMILES string of the molecule is COC(=O)[C@H]1NC(=O)[C@H]2NC(=O)[C@H](NC(=O)[C@@H]3NC(=O)[C@H]4NC(=O)[C@@H](Cc5ccc(c(Cl)c5)Oc5cc3cc(c5OCCN3CCCC3)Oc3ccc(cc3Cl)[C@H]2O)NC(=O)[C@@H](N)c2ccc(O)c(c2)Oc2cc(O)cc4c2)c2ccc(O)c(c2)-c2c(O)cc(O)cc21. The number of aromatic hydroxyl groups is 5. The predicted molar refractivity (Wildman–Crippen MR) is 329 cm³/mol. The lowest BCUT2D eigenvalue weighted by Crippen LogP contribution is -2.55. The molecule has 1 saturated heterocycles. The minimum Gasteiger partial charge on any atom is -0.508 e. The van der Waals surface area contributed by atoms with Crippen molar-refractivity contribution in [1.82, 2.24) is 36.8 Å². The summed E-state index contributed by atoms with van der Waals surface area (Å²) in [4.78, 5) is 107. The summed E-state index contributed by atoms with van der Waals surface area (Å²) < 4.78 is 31.0. The molecule has 0 spiro atoms. The third-order valence-electron chi connectivity index (χ3n) is 16.5. The number of fused-ring (bicyclic) bond motifs is 14. The van der Waals surface area contributed by atoms with Gasteiger partial charge in [-0.3, -0.25) is 33.7 Å². The topological polar surface area (TPSA) is 388 Å². The number of carbonyl (C=O) groups excluding carboxylic acids is 7. The van der Waals surface area contributed by atoms with Crippen molar-refractivity contribution >= 4 is 64.6 Å². The van der Waals surface area contributed by atoms with Gasteiger partial charge in [0.15, 0.2) is 29.0 Å². The Morgan fingerprint density at radius 2 is 1.17 bits per heavy atom. The molecule has 14 N–H and O–H groups in total. The summed E-state index contributed by atoms with van der Waals surface area (Å²) in [6, 6.07) is 10.3. The highest BCUT2D eigenvalue weighted by Gasteiger charge is 2.42. The van der Waals surface area contributed by atoms with Gasteiger partial charge in [-0.15, -0.1) is 0 Å². The fourth-order valence-corrected chi connectivity index (χ4v) is 12.2. The minimum atomic E-state index is -2.12. The van der Waals surface area contributed by atoms with Crippen LogP contribution in [0.1, 0.15) is 88.1 Å². The summed E-state index contributed by atoms with van der Waals surface area (Å²) in [6.45, 7) is 2.01. The number of likely N-dealkylation sites (tertiary alicyclic amines) is 1. The number of esters is 1. The summed E-state index contributed by atoms with van der Waals surface area (Å²) in [5.41, 5.74) is 5.21. The van der Waals surface area contributed by atoms with Crippen molar-refractivity contribution in [2.45, 2.75) is 67.7 Å². The third-order valence-corrected chi connectivity index (χ3v) is 17.1. The number of hydrogen-bond donors (Lipinski definition) is 13. The standard InChI is InChI=1S/C65H58Cl2N8O18/c1-89-65(88)55-38-26-35(77)27-44(80)50(38)37-20-30(6-8-42(37)78)52-61(84)74-56(64(87)73-55)57(81)31-7-11-46(40(67)21-31)93-49-24-33-23-48(58(49)90-15-14-75-12-2-3-13-75)92-45-10-4-28(16-39(45)66)17-41-59(82)70-53(62(85)72-54(33)63(86)71-52)32-18-34(76)25-36(19-32)91-47-22-29(5-9-43(47)79)51(68)60(83)69-41/h4-11,16,18-27,41,51-57,76-81H,2-3,12-15,17,68H2,1H3,(H,69,83)(H,70,82)(H,71,86)(H,72,85)(H,73,87)(H,74,84)/t41-,51+,52-,53+,54-,55+,56+,57-/m1/s1. The first-order valence-electron chi connectivity index (χ1n) is 29.1. The van der Waals surface area contributed by atoms with Gasteiger partial charge < -0.3 is 92.0 Å². The Morgan fingerprint density at radius 3 is 1.86 bits per heavy atom. The second-order valence-corrected chi connectivity index (χ2v) is 23.5. The van der Waals surface area contributed by atoms with Crippen molar-refractivity contribution in [3.8, 4) is 80.1 Å². The maximum atomic E-state index is 16.1. The molecular weight excluding hydrogens is 1250 g/mol. The van der Waals surface area contributed by atoms with Crippen LogP contribution in [-0.2, 0) is 44.7 Å². The van der Waals surface area contributed by atoms with E-state index in [0.717, 1.165) is 69.4 Å². The van der Waals surface area contributed by atoms with Crippen LogP contribution < -0.4 is 56.6 Å². The van der Waals surface area contributed by atoms with Crippen LogP contribution in [0, 0.1) is 0 Å². The molecule has 7 heterocycles. The van der Waals surface area contributed by atoms with E-state index in [-0.39, 0.29) is 108 Å². The van der Waals surface area contributed by atoms with Gasteiger partial charge in [-0.05, 0) is 138 Å². The van der Waals surface area contributed by atoms with Gasteiger partial charge >= 0.3 is 5.97 Å². The number of nitrogens with zero attached hydrogens (tertiary/aromatic N) is 1. The number of carbonyl (C=O) groups is 7. The molecule has 1 fully saturated rings. The quantitative estimate of drug-likeness (QED) is 0.0900. The highest BCUT2D eigenvalue weighted by molar-refractivity contribution is 6.32. The number of phenolic OH excluding ortho intramolecular Hbond substituents is 5. The Balaban J connectivity index is 1.10. The van der Waals surface area contributed by atoms with E-state index >= 15 is 19.2 Å². The molecule has 17 bridgehead atoms. The van der Waals surface area contributed by atoms with Crippen molar-refractivity contribution in [1.29, 1.82) is 0 Å². The molecule has 93 heavy (non-hydrogen) atoms. The summed E-state index contributed by atoms with van der Waals surface area (Å²) in [6.07, 6.45) is -0.473. The zero-order valence-corrected chi connectivity index (χ0v) is 50.4. The number of halogens is 2. The van der Waals surface area contributed by atoms with Crippen LogP contribution in [0.15, 0.2) is 115 Å². The van der Waals surface area contributed by atoms with Gasteiger partial charge in [0, 0.05) is 41.8 Å². The van der Waals surface area contributed by atoms with Crippen LogP contribution in [0.2, 0.25) is 10.0 Å². The number of amides is 6. The van der Waals surface area contributed by atoms with Gasteiger partial charge in [0.1, 0.15) is 89.2 Å². The molecule has 0 unspecified atom stereocenters. The maximum Gasteiger partial charge on any atom is 0.333 e. The molecule has 7 aliphatic rings. The van der Waals surface area contributed by atoms with E-state index in [0.29, 0.717) is 12.1 Å². The van der Waals surface area contributed by atoms with Crippen molar-refractivity contribution in [2.24, 2.45) is 5.73 Å². The first-order valence-corrected chi connectivity index (χ1v) is 29.9. The summed E-state index contributed by atoms with van der Waals surface area (Å²) >= 11 is 14.2. The normalized spacial score (nSPS) is 22.2. The van der Waals surface area contributed by atoms with Crippen molar-refractivity contribution < 1.29 is 87.9 Å². The van der Waals surface area contributed by atoms with Crippen LogP contribution in [-0.4, -0.2) is 122 Å². The Labute approximate surface area is 538 Å². The Kier molecular flexibility index (Phi) is 17.3. The molecule has 0 aliphatic carbocycles. The lowest BCUT2D eigenvalue weighted by Gasteiger charge is -2.31. The number of nitrogens with two attached hydrogens (primary N) is 1. The average molecular weight is 1310 g/mol. The molecule has 14 rings (SSSR count). The van der Waals surface area contributed by atoms with Crippen molar-refractivity contribution in [3.05, 3.63) is 164 Å². The molecule has 26 nitrogen and oxygen atoms in total. The second kappa shape index (κ2) is 25.6. The van der Waals surface area contributed by atoms with Gasteiger partial charge in [0.05, 0.1) is 17.2 Å². The van der Waals surface area contributed by atoms with E-state index in [4.69, 9.17) is 52.6 Å². The number of phenols is 5. The zero-order valence-electron chi connectivity index (χ0n) is 48.9. The molecule has 7 aliphatic heterocycles. The van der Waals surface area contributed by atoms with E-state index in [1.807, 2.05) is 0 Å². The fraction of sp³-hybridized carbons (Fsp3) is 0.246. The number of methoxy groups -OCH3 is 1. The van der Waals surface area contributed by atoms with E-state index in [1.54, 1.807) is 6.07 Å². The number of benzene rings is 7. The number of rotatable bonds is 5. The van der Waals surface area contributed by atoms with Gasteiger partial charge in [-0.2, -0.15) is 0 Å². The number of aliphatic hydroxyl groups excluding tert-OH is 1. The monoisotopic (exact) mass is 1310 g/mol. The Morgan fingerprint density at radius 1 is 0.570 bits per heavy atom. The first-order chi connectivity index (χ1) is 44.6. The summed E-state index contributed by atoms with van der Waals surface area (Å²) in [7, 11) is 0.984. The number of nitrogens with one attached hydrogen (secondary N) is 6. The van der Waals surface area contributed by atoms with Gasteiger partial charge in [-0.1, -0.05) is 47.5 Å². The lowest BCUT2D eigenvalue weighted by atomic mass is 9.89. The zero-order chi connectivity index (χ0) is 65.7. The van der Waals surface area contributed by atoms with E-state index in [9.17, 15) is 45.0 Å². The van der Waals surface area contributed by atoms with Crippen LogP contribution >= 0.6 is 23.2 Å². The Hall–Kier alpha value is -10.5. The lowest BCUT2D eigenvalue weighted by molar-refractivity contribution is -0.146. The van der Waals surface area contributed by atoms with Crippen molar-refractivity contribution in [2.75, 3.05) is 33.4 Å². The first kappa shape index (κ1) is 62.7. The Bertz CT molecular complexity index is 4240. The van der Waals surface area contributed by atoms with E-state index in [2.05, 4.69) is 36.8 Å². The van der Waals surface area contributed by atoms with Crippen LogP contribution in [0.3, 0.4) is 0 Å². The minimum absolute atomic E-state index is 0.0194. The smallest absolute Gasteiger partial charge is 0.333 e. The average Bonchev–Trinajstić information content (AvgIpc) is 0.910. The third kappa shape index (κ3) is 12.8. The van der Waals surface area contributed by atoms with Crippen LogP contribution in [0.25, 0.3) is 11.1 Å². The molecule has 0 aromatic heterocycles. The molecule has 7 aromatic rings. The molecule has 7 aromatic carbocycles. The highest BCUT2D eigenvalue weighted by Crippen LogP contribution is 2.49. The van der Waals surface area contributed by atoms with Crippen molar-refractivity contribution in [3.63, 3.8) is 0 Å². The molecule has 6 amide bonds. The maximum absolute atomic E-state index is 16.1. The number of hydrogen-bond acceptors (Lipinski definition) is 20. The predicted octanol–water partition coefficient (Wildman–Crippen LogP) is 5.84. The summed E-state index contributed by atoms with van der Waals surface area (Å²) in [5, 5.41) is 84.2. The van der Waals surface area contributed by atoms with Crippen LogP contribution in [0.4, 0.5) is 0 Å². The molecule has 480 valence electrons. The molecule has 28 heteroatoms. The van der Waals surface area contributed by atoms with Gasteiger partial charge in [0.2, 0.25) is 41.2 Å². The summed E-state index contributed by atoms with van der Waals surface area (Å²) in [5.74, 6) is -12.1. The number of aliphatic hydroxyl groups is 1. The fourth-order valence-electron chi connectivity index (χ4n) is 11.8. The van der Waals surface area contributed by atoms with E-state index < -0.39 is 119 Å². The second-order valence-electron chi connectivity index (χ2n) is 22.7. The van der Waals surface area contributed by atoms with Gasteiger partial charge in [0.25, 0.3) is 0 Å². The molecule has 0 radical (unpaired) electrons. The van der Waals surface area contributed by atoms with E-state index in [1.165, 1.54) is 72.8 Å². The molecule has 8 atom stereocenters. The number of ether oxygens (including phenoxy) is 5. The molecular formula is C65H58Cl2N8O18.